The van der Waals surface area contributed by atoms with E-state index in [0.717, 1.165) is 48.4 Å². The van der Waals surface area contributed by atoms with Gasteiger partial charge in [-0.1, -0.05) is 0 Å². The van der Waals surface area contributed by atoms with Crippen LogP contribution in [-0.2, 0) is 0 Å². The Morgan fingerprint density at radius 2 is 1.90 bits per heavy atom. The van der Waals surface area contributed by atoms with E-state index >= 15 is 0 Å². The second kappa shape index (κ2) is 7.57. The number of nitrogens with one attached hydrogen (secondary N) is 1. The monoisotopic (exact) mass is 316 g/mol. The fourth-order valence-electron chi connectivity index (χ4n) is 2.45. The maximum atomic E-state index is 5.17. The summed E-state index contributed by atoms with van der Waals surface area (Å²) in [6, 6.07) is 1.91. The zero-order valence-corrected chi connectivity index (χ0v) is 12.8. The first-order chi connectivity index (χ1) is 8.88. The van der Waals surface area contributed by atoms with Crippen LogP contribution in [0.5, 0.6) is 5.75 Å². The molecule has 0 unspecified atom stereocenters. The molecule has 1 aliphatic heterocycles. The van der Waals surface area contributed by atoms with Crippen LogP contribution in [0, 0.1) is 0 Å². The van der Waals surface area contributed by atoms with Gasteiger partial charge in [0, 0.05) is 12.0 Å². The van der Waals surface area contributed by atoms with Crippen LogP contribution in [0.1, 0.15) is 24.5 Å². The molecule has 1 N–H and O–H groups in total. The van der Waals surface area contributed by atoms with Crippen molar-refractivity contribution in [2.24, 2.45) is 0 Å². The molecule has 1 saturated heterocycles. The molecule has 1 fully saturated rings. The van der Waals surface area contributed by atoms with Crippen LogP contribution in [0.15, 0.2) is 18.6 Å². The quantitative estimate of drug-likeness (QED) is 0.921. The lowest BCUT2D eigenvalue weighted by molar-refractivity contribution is 0.413. The van der Waals surface area contributed by atoms with Gasteiger partial charge >= 0.3 is 0 Å². The van der Waals surface area contributed by atoms with Crippen LogP contribution in [0.25, 0.3) is 11.0 Å². The van der Waals surface area contributed by atoms with Gasteiger partial charge in [-0.25, -0.2) is 15.0 Å². The Hall–Kier alpha value is -1.17. The third-order valence-electron chi connectivity index (χ3n) is 3.44. The minimum atomic E-state index is 0. The van der Waals surface area contributed by atoms with Gasteiger partial charge in [-0.3, -0.25) is 0 Å². The minimum absolute atomic E-state index is 0. The van der Waals surface area contributed by atoms with E-state index in [9.17, 15) is 0 Å². The zero-order chi connectivity index (χ0) is 12.4. The van der Waals surface area contributed by atoms with Crippen LogP contribution in [0.3, 0.4) is 0 Å². The van der Waals surface area contributed by atoms with Crippen LogP contribution in [-0.4, -0.2) is 35.2 Å². The van der Waals surface area contributed by atoms with E-state index in [1.807, 2.05) is 6.07 Å². The highest BCUT2D eigenvalue weighted by molar-refractivity contribution is 5.85. The summed E-state index contributed by atoms with van der Waals surface area (Å²) in [5.74, 6) is 1.22. The molecule has 3 rings (SSSR count). The molecular formula is C13H18Cl2N4O. The topological polar surface area (TPSA) is 59.9 Å². The first-order valence-corrected chi connectivity index (χ1v) is 6.24. The molecule has 20 heavy (non-hydrogen) atoms. The number of aromatic nitrogens is 3. The summed E-state index contributed by atoms with van der Waals surface area (Å²) in [6.07, 6.45) is 5.58. The van der Waals surface area contributed by atoms with Gasteiger partial charge in [-0.05, 0) is 25.9 Å². The minimum Gasteiger partial charge on any atom is -0.495 e. The van der Waals surface area contributed by atoms with Crippen LogP contribution in [0.4, 0.5) is 0 Å². The molecule has 0 bridgehead atoms. The molecule has 110 valence electrons. The molecule has 0 spiro atoms. The van der Waals surface area contributed by atoms with Gasteiger partial charge in [0.05, 0.1) is 24.5 Å². The van der Waals surface area contributed by atoms with Crippen molar-refractivity contribution in [1.29, 1.82) is 0 Å². The number of pyridine rings is 1. The smallest absolute Gasteiger partial charge is 0.139 e. The van der Waals surface area contributed by atoms with Crippen molar-refractivity contribution in [3.63, 3.8) is 0 Å². The molecule has 1 aliphatic rings. The molecule has 5 nitrogen and oxygen atoms in total. The van der Waals surface area contributed by atoms with Gasteiger partial charge in [-0.15, -0.1) is 24.8 Å². The molecule has 2 aromatic rings. The average molecular weight is 317 g/mol. The second-order valence-corrected chi connectivity index (χ2v) is 4.53. The average Bonchev–Trinajstić information content (AvgIpc) is 2.47. The molecule has 3 heterocycles. The molecule has 0 amide bonds. The molecular weight excluding hydrogens is 299 g/mol. The number of nitrogens with zero attached hydrogens (tertiary/aromatic N) is 3. The van der Waals surface area contributed by atoms with Gasteiger partial charge in [0.15, 0.2) is 0 Å². The van der Waals surface area contributed by atoms with E-state index in [2.05, 4.69) is 20.3 Å². The van der Waals surface area contributed by atoms with Gasteiger partial charge in [0.25, 0.3) is 0 Å². The number of piperidine rings is 1. The SMILES string of the molecule is COc1cnc2c(C3CCNCC3)ncnc2c1.Cl.Cl. The first-order valence-electron chi connectivity index (χ1n) is 6.24. The summed E-state index contributed by atoms with van der Waals surface area (Å²) in [6.45, 7) is 2.10. The van der Waals surface area contributed by atoms with E-state index in [-0.39, 0.29) is 24.8 Å². The highest BCUT2D eigenvalue weighted by atomic mass is 35.5. The Kier molecular flexibility index (Phi) is 6.39. The molecule has 2 aromatic heterocycles. The summed E-state index contributed by atoms with van der Waals surface area (Å²) in [7, 11) is 1.64. The van der Waals surface area contributed by atoms with Gasteiger partial charge in [0.2, 0.25) is 0 Å². The molecule has 0 aliphatic carbocycles. The fraction of sp³-hybridized carbons (Fsp3) is 0.462. The van der Waals surface area contributed by atoms with Gasteiger partial charge < -0.3 is 10.1 Å². The van der Waals surface area contributed by atoms with E-state index in [0.29, 0.717) is 5.92 Å². The van der Waals surface area contributed by atoms with Crippen molar-refractivity contribution >= 4 is 35.8 Å². The molecule has 0 aromatic carbocycles. The van der Waals surface area contributed by atoms with Crippen molar-refractivity contribution < 1.29 is 4.74 Å². The Morgan fingerprint density at radius 3 is 2.60 bits per heavy atom. The Labute approximate surface area is 130 Å². The van der Waals surface area contributed by atoms with Crippen molar-refractivity contribution in [2.75, 3.05) is 20.2 Å². The zero-order valence-electron chi connectivity index (χ0n) is 11.2. The van der Waals surface area contributed by atoms with E-state index in [1.165, 1.54) is 0 Å². The van der Waals surface area contributed by atoms with Crippen molar-refractivity contribution in [3.05, 3.63) is 24.3 Å². The normalized spacial score (nSPS) is 15.2. The molecule has 0 saturated carbocycles. The lowest BCUT2D eigenvalue weighted by Crippen LogP contribution is -2.27. The maximum absolute atomic E-state index is 5.17. The first kappa shape index (κ1) is 16.9. The highest BCUT2D eigenvalue weighted by Gasteiger charge is 2.19. The van der Waals surface area contributed by atoms with Crippen molar-refractivity contribution in [2.45, 2.75) is 18.8 Å². The van der Waals surface area contributed by atoms with Crippen LogP contribution in [0.2, 0.25) is 0 Å². The predicted octanol–water partition coefficient (Wildman–Crippen LogP) is 2.34. The van der Waals surface area contributed by atoms with Crippen LogP contribution < -0.4 is 10.1 Å². The number of methoxy groups -OCH3 is 1. The lowest BCUT2D eigenvalue weighted by atomic mass is 9.93. The second-order valence-electron chi connectivity index (χ2n) is 4.53. The number of hydrogen-bond donors (Lipinski definition) is 1. The molecule has 0 atom stereocenters. The Morgan fingerprint density at radius 1 is 1.15 bits per heavy atom. The fourth-order valence-corrected chi connectivity index (χ4v) is 2.45. The summed E-state index contributed by atoms with van der Waals surface area (Å²) >= 11 is 0. The van der Waals surface area contributed by atoms with E-state index < -0.39 is 0 Å². The number of ether oxygens (including phenoxy) is 1. The molecule has 0 radical (unpaired) electrons. The highest BCUT2D eigenvalue weighted by Crippen LogP contribution is 2.28. The summed E-state index contributed by atoms with van der Waals surface area (Å²) in [4.78, 5) is 13.2. The standard InChI is InChI=1S/C13H16N4O.2ClH/c1-18-10-6-11-13(15-7-10)12(17-8-16-11)9-2-4-14-5-3-9;;/h6-9,14H,2-5H2,1H3;2*1H. The number of rotatable bonds is 2. The number of hydrogen-bond acceptors (Lipinski definition) is 5. The number of halogens is 2. The van der Waals surface area contributed by atoms with E-state index in [1.54, 1.807) is 19.6 Å². The van der Waals surface area contributed by atoms with Crippen molar-refractivity contribution in [3.8, 4) is 5.75 Å². The van der Waals surface area contributed by atoms with Crippen molar-refractivity contribution in [1.82, 2.24) is 20.3 Å². The summed E-state index contributed by atoms with van der Waals surface area (Å²) in [5.41, 5.74) is 2.84. The van der Waals surface area contributed by atoms with Gasteiger partial charge in [-0.2, -0.15) is 0 Å². The van der Waals surface area contributed by atoms with Crippen LogP contribution >= 0.6 is 24.8 Å². The number of fused-ring (bicyclic) bond motifs is 1. The Balaban J connectivity index is 0.000001000. The third-order valence-corrected chi connectivity index (χ3v) is 3.44. The largest absolute Gasteiger partial charge is 0.495 e. The lowest BCUT2D eigenvalue weighted by Gasteiger charge is -2.22. The van der Waals surface area contributed by atoms with Gasteiger partial charge in [0.1, 0.15) is 17.6 Å². The predicted molar refractivity (Wildman–Crippen MR) is 83.2 cm³/mol. The summed E-state index contributed by atoms with van der Waals surface area (Å²) in [5, 5.41) is 3.37. The Bertz CT molecular complexity index is 561. The molecule has 7 heteroatoms. The third kappa shape index (κ3) is 3.29. The van der Waals surface area contributed by atoms with E-state index in [4.69, 9.17) is 4.74 Å². The maximum Gasteiger partial charge on any atom is 0.139 e. The summed E-state index contributed by atoms with van der Waals surface area (Å²) < 4.78 is 5.17.